The number of aliphatic hydroxyl groups is 1. The highest BCUT2D eigenvalue weighted by molar-refractivity contribution is 5.19. The number of aliphatic hydroxyl groups excluding tert-OH is 1. The van der Waals surface area contributed by atoms with Crippen LogP contribution >= 0.6 is 0 Å². The minimum atomic E-state index is -0.788. The highest BCUT2D eigenvalue weighted by Gasteiger charge is 2.35. The highest BCUT2D eigenvalue weighted by Crippen LogP contribution is 2.27. The summed E-state index contributed by atoms with van der Waals surface area (Å²) in [5.74, 6) is -1.26. The smallest absolute Gasteiger partial charge is 0.126 e. The molecule has 1 N–H and O–H groups in total. The first-order valence-electron chi connectivity index (χ1n) is 6.74. The zero-order valence-electron chi connectivity index (χ0n) is 11.7. The van der Waals surface area contributed by atoms with Crippen molar-refractivity contribution in [3.63, 3.8) is 0 Å². The number of hydrogen-bond acceptors (Lipinski definition) is 2. The van der Waals surface area contributed by atoms with Gasteiger partial charge in [0.25, 0.3) is 0 Å². The van der Waals surface area contributed by atoms with Crippen LogP contribution in [0.3, 0.4) is 0 Å². The molecule has 19 heavy (non-hydrogen) atoms. The molecule has 0 fully saturated rings. The number of ether oxygens (including phenoxy) is 1. The molecule has 0 radical (unpaired) electrons. The Hall–Kier alpha value is -1.00. The Kier molecular flexibility index (Phi) is 5.88. The van der Waals surface area contributed by atoms with Crippen LogP contribution in [0.5, 0.6) is 0 Å². The lowest BCUT2D eigenvalue weighted by Gasteiger charge is -2.36. The molecule has 108 valence electrons. The van der Waals surface area contributed by atoms with E-state index < -0.39 is 23.3 Å². The Morgan fingerprint density at radius 3 is 2.05 bits per heavy atom. The maximum Gasteiger partial charge on any atom is 0.126 e. The summed E-state index contributed by atoms with van der Waals surface area (Å²) < 4.78 is 32.0. The lowest BCUT2D eigenvalue weighted by atomic mass is 9.86. The van der Waals surface area contributed by atoms with Gasteiger partial charge in [0.2, 0.25) is 0 Å². The Balaban J connectivity index is 2.89. The third-order valence-corrected chi connectivity index (χ3v) is 3.59. The summed E-state index contributed by atoms with van der Waals surface area (Å²) in [5.41, 5.74) is -0.214. The fourth-order valence-electron chi connectivity index (χ4n) is 2.45. The first-order valence-corrected chi connectivity index (χ1v) is 6.74. The maximum atomic E-state index is 13.1. The summed E-state index contributed by atoms with van der Waals surface area (Å²) in [6.07, 6.45) is 0.687. The van der Waals surface area contributed by atoms with Crippen LogP contribution in [0.4, 0.5) is 8.78 Å². The van der Waals surface area contributed by atoms with Crippen molar-refractivity contribution in [2.45, 2.75) is 51.7 Å². The molecule has 1 aromatic carbocycles. The van der Waals surface area contributed by atoms with E-state index in [9.17, 15) is 13.9 Å². The zero-order chi connectivity index (χ0) is 14.5. The first kappa shape index (κ1) is 16.1. The minimum absolute atomic E-state index is 0.177. The van der Waals surface area contributed by atoms with E-state index in [4.69, 9.17) is 4.74 Å². The molecule has 0 aliphatic rings. The Morgan fingerprint density at radius 2 is 1.63 bits per heavy atom. The van der Waals surface area contributed by atoms with E-state index in [0.29, 0.717) is 25.0 Å². The molecule has 2 nitrogen and oxygen atoms in total. The molecule has 0 saturated heterocycles. The summed E-state index contributed by atoms with van der Waals surface area (Å²) in [6, 6.07) is 3.31. The van der Waals surface area contributed by atoms with Gasteiger partial charge in [0.1, 0.15) is 11.6 Å². The van der Waals surface area contributed by atoms with Gasteiger partial charge in [-0.05, 0) is 37.5 Å². The zero-order valence-corrected chi connectivity index (χ0v) is 11.7. The quantitative estimate of drug-likeness (QED) is 0.823. The van der Waals surface area contributed by atoms with Crippen LogP contribution in [0, 0.1) is 11.6 Å². The average molecular weight is 272 g/mol. The van der Waals surface area contributed by atoms with Crippen LogP contribution in [0.25, 0.3) is 0 Å². The van der Waals surface area contributed by atoms with Crippen molar-refractivity contribution < 1.29 is 18.6 Å². The predicted octanol–water partition coefficient (Wildman–Crippen LogP) is 3.46. The van der Waals surface area contributed by atoms with E-state index >= 15 is 0 Å². The van der Waals surface area contributed by atoms with Gasteiger partial charge in [-0.15, -0.1) is 0 Å². The van der Waals surface area contributed by atoms with E-state index in [1.807, 2.05) is 20.8 Å². The standard InChI is InChI=1S/C15H22F2O2/c1-4-15(5-2,19-6-3)14(18)9-11-7-12(16)10-13(17)8-11/h7-8,10,14,18H,4-6,9H2,1-3H3. The second-order valence-electron chi connectivity index (χ2n) is 4.70. The van der Waals surface area contributed by atoms with Crippen molar-refractivity contribution in [1.29, 1.82) is 0 Å². The molecule has 0 aliphatic carbocycles. The minimum Gasteiger partial charge on any atom is -0.390 e. The normalized spacial score (nSPS) is 13.6. The molecule has 4 heteroatoms. The van der Waals surface area contributed by atoms with Crippen molar-refractivity contribution in [1.82, 2.24) is 0 Å². The van der Waals surface area contributed by atoms with Gasteiger partial charge in [0, 0.05) is 19.1 Å². The molecule has 0 amide bonds. The van der Waals surface area contributed by atoms with E-state index in [2.05, 4.69) is 0 Å². The number of hydrogen-bond donors (Lipinski definition) is 1. The van der Waals surface area contributed by atoms with E-state index in [0.717, 1.165) is 6.07 Å². The Bertz CT molecular complexity index is 383. The number of benzene rings is 1. The molecule has 1 rings (SSSR count). The van der Waals surface area contributed by atoms with Gasteiger partial charge >= 0.3 is 0 Å². The SMILES string of the molecule is CCOC(CC)(CC)C(O)Cc1cc(F)cc(F)c1. The van der Waals surface area contributed by atoms with Crippen LogP contribution in [0.2, 0.25) is 0 Å². The van der Waals surface area contributed by atoms with Gasteiger partial charge in [0.05, 0.1) is 11.7 Å². The van der Waals surface area contributed by atoms with Crippen molar-refractivity contribution in [3.05, 3.63) is 35.4 Å². The summed E-state index contributed by atoms with van der Waals surface area (Å²) in [7, 11) is 0. The van der Waals surface area contributed by atoms with Gasteiger partial charge in [-0.3, -0.25) is 0 Å². The topological polar surface area (TPSA) is 29.5 Å². The van der Waals surface area contributed by atoms with Crippen molar-refractivity contribution in [3.8, 4) is 0 Å². The summed E-state index contributed by atoms with van der Waals surface area (Å²) in [5, 5.41) is 10.4. The van der Waals surface area contributed by atoms with Gasteiger partial charge in [-0.2, -0.15) is 0 Å². The van der Waals surface area contributed by atoms with Crippen LogP contribution in [0.15, 0.2) is 18.2 Å². The van der Waals surface area contributed by atoms with Crippen LogP contribution in [-0.2, 0) is 11.2 Å². The molecule has 1 atom stereocenters. The van der Waals surface area contributed by atoms with E-state index in [-0.39, 0.29) is 6.42 Å². The lowest BCUT2D eigenvalue weighted by Crippen LogP contribution is -2.45. The second-order valence-corrected chi connectivity index (χ2v) is 4.70. The van der Waals surface area contributed by atoms with Crippen molar-refractivity contribution in [2.24, 2.45) is 0 Å². The number of rotatable bonds is 7. The molecule has 0 heterocycles. The molecular formula is C15H22F2O2. The van der Waals surface area contributed by atoms with Gasteiger partial charge in [-0.1, -0.05) is 13.8 Å². The summed E-state index contributed by atoms with van der Waals surface area (Å²) >= 11 is 0. The van der Waals surface area contributed by atoms with Crippen LogP contribution < -0.4 is 0 Å². The molecule has 1 aromatic rings. The molecule has 1 unspecified atom stereocenters. The Labute approximate surface area is 113 Å². The average Bonchev–Trinajstić information content (AvgIpc) is 2.34. The van der Waals surface area contributed by atoms with Gasteiger partial charge in [-0.25, -0.2) is 8.78 Å². The highest BCUT2D eigenvalue weighted by atomic mass is 19.1. The fraction of sp³-hybridized carbons (Fsp3) is 0.600. The maximum absolute atomic E-state index is 13.1. The fourth-order valence-corrected chi connectivity index (χ4v) is 2.45. The molecule has 0 spiro atoms. The van der Waals surface area contributed by atoms with Crippen molar-refractivity contribution >= 4 is 0 Å². The molecule has 0 bridgehead atoms. The van der Waals surface area contributed by atoms with E-state index in [1.54, 1.807) is 0 Å². The molecular weight excluding hydrogens is 250 g/mol. The lowest BCUT2D eigenvalue weighted by molar-refractivity contribution is -0.124. The van der Waals surface area contributed by atoms with Gasteiger partial charge in [0.15, 0.2) is 0 Å². The predicted molar refractivity (Wildman–Crippen MR) is 71.0 cm³/mol. The summed E-state index contributed by atoms with van der Waals surface area (Å²) in [6.45, 7) is 6.24. The number of halogens is 2. The molecule has 0 aromatic heterocycles. The first-order chi connectivity index (χ1) is 8.97. The second kappa shape index (κ2) is 6.96. The third-order valence-electron chi connectivity index (χ3n) is 3.59. The van der Waals surface area contributed by atoms with Gasteiger partial charge < -0.3 is 9.84 Å². The largest absolute Gasteiger partial charge is 0.390 e. The summed E-state index contributed by atoms with van der Waals surface area (Å²) in [4.78, 5) is 0. The van der Waals surface area contributed by atoms with Crippen LogP contribution in [0.1, 0.15) is 39.2 Å². The molecule has 0 saturated carbocycles. The Morgan fingerprint density at radius 1 is 1.11 bits per heavy atom. The van der Waals surface area contributed by atoms with E-state index in [1.165, 1.54) is 12.1 Å². The van der Waals surface area contributed by atoms with Crippen molar-refractivity contribution in [2.75, 3.05) is 6.61 Å². The third kappa shape index (κ3) is 3.98. The monoisotopic (exact) mass is 272 g/mol. The van der Waals surface area contributed by atoms with Crippen LogP contribution in [-0.4, -0.2) is 23.4 Å². The molecule has 0 aliphatic heterocycles.